The number of benzene rings is 2. The van der Waals surface area contributed by atoms with Crippen LogP contribution in [0.4, 0.5) is 0 Å². The van der Waals surface area contributed by atoms with Gasteiger partial charge in [-0.15, -0.1) is 0 Å². The zero-order valence-electron chi connectivity index (χ0n) is 20.5. The van der Waals surface area contributed by atoms with Crippen LogP contribution in [0.15, 0.2) is 66.9 Å². The van der Waals surface area contributed by atoms with E-state index in [2.05, 4.69) is 34.2 Å². The summed E-state index contributed by atoms with van der Waals surface area (Å²) in [5.41, 5.74) is 6.05. The van der Waals surface area contributed by atoms with Crippen LogP contribution in [0.2, 0.25) is 0 Å². The molecule has 0 unspecified atom stereocenters. The van der Waals surface area contributed by atoms with Crippen LogP contribution in [-0.4, -0.2) is 42.6 Å². The van der Waals surface area contributed by atoms with Crippen molar-refractivity contribution in [3.05, 3.63) is 94.8 Å². The van der Waals surface area contributed by atoms with Gasteiger partial charge in [-0.1, -0.05) is 36.4 Å². The zero-order chi connectivity index (χ0) is 24.5. The molecule has 3 aliphatic rings. The number of hydrogen-bond donors (Lipinski definition) is 0. The van der Waals surface area contributed by atoms with E-state index in [1.165, 1.54) is 5.56 Å². The van der Waals surface area contributed by atoms with E-state index in [0.29, 0.717) is 13.0 Å². The number of pyridine rings is 1. The number of carbonyl (C=O) groups excluding carboxylic acids is 1. The Morgan fingerprint density at radius 3 is 2.81 bits per heavy atom. The molecule has 6 heteroatoms. The molecule has 36 heavy (non-hydrogen) atoms. The minimum Gasteiger partial charge on any atom is -0.497 e. The number of carbonyl (C=O) groups is 1. The summed E-state index contributed by atoms with van der Waals surface area (Å²) >= 11 is 0. The number of esters is 1. The number of ether oxygens (including phenoxy) is 3. The summed E-state index contributed by atoms with van der Waals surface area (Å²) in [6, 6.07) is 18.3. The Bertz CT molecular complexity index is 1320. The number of rotatable bonds is 4. The Balaban J connectivity index is 1.20. The molecule has 6 rings (SSSR count). The molecule has 0 N–H and O–H groups in total. The first kappa shape index (κ1) is 22.8. The second kappa shape index (κ2) is 9.43. The molecule has 1 fully saturated rings. The van der Waals surface area contributed by atoms with E-state index in [-0.39, 0.29) is 5.97 Å². The molecule has 0 atom stereocenters. The molecule has 0 amide bonds. The Morgan fingerprint density at radius 1 is 1.08 bits per heavy atom. The summed E-state index contributed by atoms with van der Waals surface area (Å²) in [5, 5.41) is 0. The SMILES string of the molecule is COc1ccc2c(c1)/C(=C/CCN1CCC3(CC1)OC(=O)Cc1ccccc13)c1cccnc1CO2. The molecule has 0 radical (unpaired) electrons. The zero-order valence-corrected chi connectivity index (χ0v) is 20.5. The van der Waals surface area contributed by atoms with Crippen molar-refractivity contribution in [2.24, 2.45) is 0 Å². The largest absolute Gasteiger partial charge is 0.497 e. The Hall–Kier alpha value is -3.64. The first-order valence-electron chi connectivity index (χ1n) is 12.6. The third-order valence-electron chi connectivity index (χ3n) is 7.63. The molecular formula is C30H30N2O4. The lowest BCUT2D eigenvalue weighted by atomic mass is 9.79. The maximum atomic E-state index is 12.3. The molecule has 184 valence electrons. The Labute approximate surface area is 211 Å². The van der Waals surface area contributed by atoms with Gasteiger partial charge >= 0.3 is 5.97 Å². The lowest BCUT2D eigenvalue weighted by molar-refractivity contribution is -0.169. The third kappa shape index (κ3) is 4.16. The van der Waals surface area contributed by atoms with Crippen molar-refractivity contribution in [3.63, 3.8) is 0 Å². The van der Waals surface area contributed by atoms with Gasteiger partial charge in [-0.05, 0) is 47.4 Å². The van der Waals surface area contributed by atoms with Crippen molar-refractivity contribution in [3.8, 4) is 11.5 Å². The second-order valence-corrected chi connectivity index (χ2v) is 9.70. The van der Waals surface area contributed by atoms with E-state index in [4.69, 9.17) is 14.2 Å². The number of methoxy groups -OCH3 is 1. The van der Waals surface area contributed by atoms with Crippen molar-refractivity contribution in [1.29, 1.82) is 0 Å². The van der Waals surface area contributed by atoms with Gasteiger partial charge in [-0.25, -0.2) is 0 Å². The predicted molar refractivity (Wildman–Crippen MR) is 137 cm³/mol. The fraction of sp³-hybridized carbons (Fsp3) is 0.333. The fourth-order valence-corrected chi connectivity index (χ4v) is 5.77. The average molecular weight is 483 g/mol. The molecular weight excluding hydrogens is 452 g/mol. The quantitative estimate of drug-likeness (QED) is 0.493. The highest BCUT2D eigenvalue weighted by atomic mass is 16.6. The van der Waals surface area contributed by atoms with Gasteiger partial charge in [0.2, 0.25) is 0 Å². The van der Waals surface area contributed by atoms with Crippen molar-refractivity contribution >= 4 is 11.5 Å². The van der Waals surface area contributed by atoms with Crippen LogP contribution in [0.3, 0.4) is 0 Å². The van der Waals surface area contributed by atoms with Crippen molar-refractivity contribution in [2.45, 2.75) is 37.9 Å². The highest BCUT2D eigenvalue weighted by Crippen LogP contribution is 2.42. The van der Waals surface area contributed by atoms with E-state index in [1.54, 1.807) is 7.11 Å². The van der Waals surface area contributed by atoms with E-state index >= 15 is 0 Å². The molecule has 0 aliphatic carbocycles. The first-order chi connectivity index (χ1) is 17.6. The standard InChI is InChI=1S/C30H30N2O4/c1-34-22-10-11-28-25(19-22)23(24-7-4-14-31-27(24)20-35-28)8-5-15-32-16-12-30(13-17-32)26-9-3-2-6-21(26)18-29(33)36-30/h2-4,6-11,14,19H,5,12-13,15-18,20H2,1H3/b23-8+. The van der Waals surface area contributed by atoms with Gasteiger partial charge < -0.3 is 19.1 Å². The molecule has 6 nitrogen and oxygen atoms in total. The molecule has 2 aromatic carbocycles. The Kier molecular flexibility index (Phi) is 5.97. The molecule has 1 saturated heterocycles. The highest BCUT2D eigenvalue weighted by molar-refractivity contribution is 5.85. The summed E-state index contributed by atoms with van der Waals surface area (Å²) in [5.74, 6) is 1.54. The summed E-state index contributed by atoms with van der Waals surface area (Å²) in [6.45, 7) is 3.18. The van der Waals surface area contributed by atoms with Gasteiger partial charge in [0.1, 0.15) is 23.7 Å². The van der Waals surface area contributed by atoms with Gasteiger partial charge in [0.25, 0.3) is 0 Å². The van der Waals surface area contributed by atoms with E-state index in [0.717, 1.165) is 78.4 Å². The summed E-state index contributed by atoms with van der Waals surface area (Å²) in [6.07, 6.45) is 7.04. The second-order valence-electron chi connectivity index (χ2n) is 9.70. The lowest BCUT2D eigenvalue weighted by Gasteiger charge is -2.44. The number of piperidine rings is 1. The number of likely N-dealkylation sites (tertiary alicyclic amines) is 1. The molecule has 3 aliphatic heterocycles. The van der Waals surface area contributed by atoms with Crippen LogP contribution in [0.5, 0.6) is 11.5 Å². The van der Waals surface area contributed by atoms with Crippen molar-refractivity contribution in [1.82, 2.24) is 9.88 Å². The minimum atomic E-state index is -0.473. The molecule has 0 bridgehead atoms. The topological polar surface area (TPSA) is 60.9 Å². The predicted octanol–water partition coefficient (Wildman–Crippen LogP) is 4.90. The molecule has 1 aromatic heterocycles. The normalized spacial score (nSPS) is 19.5. The van der Waals surface area contributed by atoms with Gasteiger partial charge in [-0.3, -0.25) is 9.78 Å². The van der Waals surface area contributed by atoms with E-state index in [1.807, 2.05) is 42.6 Å². The molecule has 1 spiro atoms. The summed E-state index contributed by atoms with van der Waals surface area (Å²) in [7, 11) is 1.68. The van der Waals surface area contributed by atoms with Crippen LogP contribution < -0.4 is 9.47 Å². The number of hydrogen-bond acceptors (Lipinski definition) is 6. The van der Waals surface area contributed by atoms with E-state index < -0.39 is 5.60 Å². The number of nitrogens with zero attached hydrogens (tertiary/aromatic N) is 2. The minimum absolute atomic E-state index is 0.108. The van der Waals surface area contributed by atoms with Crippen LogP contribution in [0.1, 0.15) is 47.2 Å². The van der Waals surface area contributed by atoms with Crippen LogP contribution in [0, 0.1) is 0 Å². The van der Waals surface area contributed by atoms with Crippen molar-refractivity contribution in [2.75, 3.05) is 26.7 Å². The Morgan fingerprint density at radius 2 is 1.94 bits per heavy atom. The fourth-order valence-electron chi connectivity index (χ4n) is 5.77. The van der Waals surface area contributed by atoms with Gasteiger partial charge in [0, 0.05) is 49.8 Å². The average Bonchev–Trinajstić information content (AvgIpc) is 3.06. The van der Waals surface area contributed by atoms with Crippen molar-refractivity contribution < 1.29 is 19.0 Å². The van der Waals surface area contributed by atoms with Gasteiger partial charge in [-0.2, -0.15) is 0 Å². The third-order valence-corrected chi connectivity index (χ3v) is 7.63. The molecule has 4 heterocycles. The smallest absolute Gasteiger partial charge is 0.311 e. The van der Waals surface area contributed by atoms with Gasteiger partial charge in [0.15, 0.2) is 0 Å². The maximum Gasteiger partial charge on any atom is 0.311 e. The number of aromatic nitrogens is 1. The highest BCUT2D eigenvalue weighted by Gasteiger charge is 2.43. The summed E-state index contributed by atoms with van der Waals surface area (Å²) in [4.78, 5) is 19.4. The maximum absolute atomic E-state index is 12.3. The van der Waals surface area contributed by atoms with E-state index in [9.17, 15) is 4.79 Å². The molecule has 3 aromatic rings. The van der Waals surface area contributed by atoms with Gasteiger partial charge in [0.05, 0.1) is 19.2 Å². The summed E-state index contributed by atoms with van der Waals surface area (Å²) < 4.78 is 17.6. The first-order valence-corrected chi connectivity index (χ1v) is 12.6. The number of fused-ring (bicyclic) bond motifs is 4. The lowest BCUT2D eigenvalue weighted by Crippen LogP contribution is -2.47. The van der Waals surface area contributed by atoms with Crippen LogP contribution in [0.25, 0.3) is 5.57 Å². The van der Waals surface area contributed by atoms with Crippen LogP contribution in [-0.2, 0) is 28.2 Å². The monoisotopic (exact) mass is 482 g/mol. The molecule has 0 saturated carbocycles. The van der Waals surface area contributed by atoms with Crippen LogP contribution >= 0.6 is 0 Å².